The Labute approximate surface area is 127 Å². The van der Waals surface area contributed by atoms with Gasteiger partial charge < -0.3 is 20.0 Å². The second-order valence-corrected chi connectivity index (χ2v) is 5.68. The maximum Gasteiger partial charge on any atom is 0.142 e. The van der Waals surface area contributed by atoms with Crippen molar-refractivity contribution in [1.29, 1.82) is 0 Å². The molecule has 1 aliphatic rings. The van der Waals surface area contributed by atoms with E-state index < -0.39 is 6.10 Å². The molecule has 1 aliphatic heterocycles. The molecule has 7 heteroatoms. The first-order chi connectivity index (χ1) is 10.8. The molecule has 22 heavy (non-hydrogen) atoms. The van der Waals surface area contributed by atoms with Crippen molar-refractivity contribution in [2.24, 2.45) is 5.92 Å². The Morgan fingerprint density at radius 2 is 2.00 bits per heavy atom. The zero-order chi connectivity index (χ0) is 14.9. The first-order valence-corrected chi connectivity index (χ1v) is 7.53. The summed E-state index contributed by atoms with van der Waals surface area (Å²) < 4.78 is 0. The maximum atomic E-state index is 10.4. The number of hydrogen-bond donors (Lipinski definition) is 3. The molecule has 4 heterocycles. The highest BCUT2D eigenvalue weighted by Crippen LogP contribution is 2.32. The van der Waals surface area contributed by atoms with Gasteiger partial charge in [0, 0.05) is 31.7 Å². The Balaban J connectivity index is 1.49. The van der Waals surface area contributed by atoms with Crippen molar-refractivity contribution in [3.63, 3.8) is 0 Å². The summed E-state index contributed by atoms with van der Waals surface area (Å²) in [5.74, 6) is 1.86. The smallest absolute Gasteiger partial charge is 0.142 e. The number of piperidine rings is 1. The molecular weight excluding hydrogens is 280 g/mol. The van der Waals surface area contributed by atoms with E-state index in [1.165, 1.54) is 0 Å². The van der Waals surface area contributed by atoms with Crippen molar-refractivity contribution in [3.05, 3.63) is 36.8 Å². The number of fused-ring (bicyclic) bond motifs is 1. The van der Waals surface area contributed by atoms with Gasteiger partial charge in [-0.2, -0.15) is 0 Å². The first-order valence-electron chi connectivity index (χ1n) is 7.53. The van der Waals surface area contributed by atoms with Crippen LogP contribution in [0.15, 0.2) is 31.0 Å². The molecule has 0 aliphatic carbocycles. The summed E-state index contributed by atoms with van der Waals surface area (Å²) in [4.78, 5) is 21.2. The molecule has 4 rings (SSSR count). The average molecular weight is 298 g/mol. The van der Waals surface area contributed by atoms with Gasteiger partial charge in [-0.3, -0.25) is 0 Å². The van der Waals surface area contributed by atoms with E-state index in [0.29, 0.717) is 5.82 Å². The van der Waals surface area contributed by atoms with Gasteiger partial charge in [-0.05, 0) is 24.8 Å². The van der Waals surface area contributed by atoms with Gasteiger partial charge in [0.05, 0.1) is 5.39 Å². The molecule has 0 spiro atoms. The third kappa shape index (κ3) is 2.23. The monoisotopic (exact) mass is 298 g/mol. The summed E-state index contributed by atoms with van der Waals surface area (Å²) in [6.07, 6.45) is 8.22. The molecule has 1 unspecified atom stereocenters. The zero-order valence-corrected chi connectivity index (χ0v) is 12.1. The predicted octanol–water partition coefficient (Wildman–Crippen LogP) is 1.63. The van der Waals surface area contributed by atoms with Crippen LogP contribution in [-0.2, 0) is 0 Å². The molecule has 1 saturated heterocycles. The first kappa shape index (κ1) is 13.3. The van der Waals surface area contributed by atoms with E-state index in [1.807, 2.05) is 12.3 Å². The van der Waals surface area contributed by atoms with Crippen molar-refractivity contribution < 1.29 is 5.11 Å². The van der Waals surface area contributed by atoms with Gasteiger partial charge in [0.1, 0.15) is 29.7 Å². The molecule has 3 aromatic rings. The zero-order valence-electron chi connectivity index (χ0n) is 12.1. The van der Waals surface area contributed by atoms with Gasteiger partial charge in [-0.25, -0.2) is 15.0 Å². The lowest BCUT2D eigenvalue weighted by Crippen LogP contribution is -2.36. The Bertz CT molecular complexity index is 744. The Hall–Kier alpha value is -2.41. The lowest BCUT2D eigenvalue weighted by Gasteiger charge is -2.34. The van der Waals surface area contributed by atoms with Crippen LogP contribution >= 0.6 is 0 Å². The highest BCUT2D eigenvalue weighted by atomic mass is 16.3. The number of aliphatic hydroxyl groups is 1. The van der Waals surface area contributed by atoms with E-state index in [-0.39, 0.29) is 5.92 Å². The van der Waals surface area contributed by atoms with Crippen molar-refractivity contribution in [3.8, 4) is 0 Å². The molecule has 3 aromatic heterocycles. The normalized spacial score (nSPS) is 18.0. The lowest BCUT2D eigenvalue weighted by atomic mass is 9.91. The van der Waals surface area contributed by atoms with Gasteiger partial charge >= 0.3 is 0 Å². The van der Waals surface area contributed by atoms with Crippen LogP contribution in [0.3, 0.4) is 0 Å². The number of imidazole rings is 1. The van der Waals surface area contributed by atoms with Crippen LogP contribution in [-0.4, -0.2) is 43.1 Å². The Morgan fingerprint density at radius 1 is 1.14 bits per heavy atom. The second-order valence-electron chi connectivity index (χ2n) is 5.68. The minimum absolute atomic E-state index is 0.228. The molecule has 3 N–H and O–H groups in total. The number of rotatable bonds is 3. The van der Waals surface area contributed by atoms with E-state index in [2.05, 4.69) is 29.8 Å². The molecule has 0 bridgehead atoms. The molecule has 7 nitrogen and oxygen atoms in total. The van der Waals surface area contributed by atoms with Gasteiger partial charge in [-0.15, -0.1) is 0 Å². The topological polar surface area (TPSA) is 93.7 Å². The highest BCUT2D eigenvalue weighted by Gasteiger charge is 2.28. The standard InChI is InChI=1S/C15H18N6O/c22-12(14-17-5-6-18-14)10-2-7-21(8-3-10)15-11-1-4-16-13(11)19-9-20-15/h1,4-6,9-10,12,22H,2-3,7-8H2,(H,17,18)(H,16,19,20). The van der Waals surface area contributed by atoms with Crippen molar-refractivity contribution >= 4 is 16.9 Å². The van der Waals surface area contributed by atoms with Crippen LogP contribution in [0.5, 0.6) is 0 Å². The molecule has 1 atom stereocenters. The summed E-state index contributed by atoms with van der Waals surface area (Å²) >= 11 is 0. The van der Waals surface area contributed by atoms with Crippen LogP contribution in [0.25, 0.3) is 11.0 Å². The second kappa shape index (κ2) is 5.42. The fourth-order valence-corrected chi connectivity index (χ4v) is 3.20. The van der Waals surface area contributed by atoms with E-state index in [1.54, 1.807) is 18.7 Å². The molecule has 0 aromatic carbocycles. The van der Waals surface area contributed by atoms with Crippen molar-refractivity contribution in [2.75, 3.05) is 18.0 Å². The summed E-state index contributed by atoms with van der Waals surface area (Å²) in [6, 6.07) is 2.01. The summed E-state index contributed by atoms with van der Waals surface area (Å²) in [6.45, 7) is 1.75. The Morgan fingerprint density at radius 3 is 2.77 bits per heavy atom. The van der Waals surface area contributed by atoms with Gasteiger partial charge in [-0.1, -0.05) is 0 Å². The van der Waals surface area contributed by atoms with Crippen molar-refractivity contribution in [1.82, 2.24) is 24.9 Å². The number of hydrogen-bond acceptors (Lipinski definition) is 5. The van der Waals surface area contributed by atoms with Crippen LogP contribution in [0, 0.1) is 5.92 Å². The SMILES string of the molecule is OC(c1ncc[nH]1)C1CCN(c2ncnc3[nH]ccc23)CC1. The van der Waals surface area contributed by atoms with E-state index in [0.717, 1.165) is 42.8 Å². The molecule has 0 amide bonds. The number of anilines is 1. The molecule has 114 valence electrons. The summed E-state index contributed by atoms with van der Waals surface area (Å²) in [5, 5.41) is 11.4. The lowest BCUT2D eigenvalue weighted by molar-refractivity contribution is 0.0856. The number of aromatic nitrogens is 5. The van der Waals surface area contributed by atoms with E-state index in [4.69, 9.17) is 0 Å². The van der Waals surface area contributed by atoms with Gasteiger partial charge in [0.15, 0.2) is 0 Å². The summed E-state index contributed by atoms with van der Waals surface area (Å²) in [7, 11) is 0. The van der Waals surface area contributed by atoms with E-state index >= 15 is 0 Å². The predicted molar refractivity (Wildman–Crippen MR) is 82.4 cm³/mol. The number of nitrogens with zero attached hydrogens (tertiary/aromatic N) is 4. The minimum Gasteiger partial charge on any atom is -0.385 e. The maximum absolute atomic E-state index is 10.4. The van der Waals surface area contributed by atoms with Crippen LogP contribution < -0.4 is 4.90 Å². The number of nitrogens with one attached hydrogen (secondary N) is 2. The molecule has 1 fully saturated rings. The number of H-pyrrole nitrogens is 2. The third-order valence-electron chi connectivity index (χ3n) is 4.42. The fraction of sp³-hybridized carbons (Fsp3) is 0.400. The van der Waals surface area contributed by atoms with Crippen LogP contribution in [0.4, 0.5) is 5.82 Å². The van der Waals surface area contributed by atoms with Crippen LogP contribution in [0.1, 0.15) is 24.8 Å². The number of aromatic amines is 2. The Kier molecular flexibility index (Phi) is 3.27. The largest absolute Gasteiger partial charge is 0.385 e. The number of aliphatic hydroxyl groups excluding tert-OH is 1. The molecular formula is C15H18N6O. The fourth-order valence-electron chi connectivity index (χ4n) is 3.20. The van der Waals surface area contributed by atoms with Crippen LogP contribution in [0.2, 0.25) is 0 Å². The van der Waals surface area contributed by atoms with E-state index in [9.17, 15) is 5.11 Å². The van der Waals surface area contributed by atoms with Gasteiger partial charge in [0.2, 0.25) is 0 Å². The summed E-state index contributed by atoms with van der Waals surface area (Å²) in [5.41, 5.74) is 0.864. The average Bonchev–Trinajstić information content (AvgIpc) is 3.25. The third-order valence-corrected chi connectivity index (χ3v) is 4.42. The van der Waals surface area contributed by atoms with Gasteiger partial charge in [0.25, 0.3) is 0 Å². The molecule has 0 radical (unpaired) electrons. The molecule has 0 saturated carbocycles. The highest BCUT2D eigenvalue weighted by molar-refractivity contribution is 5.87. The van der Waals surface area contributed by atoms with Crippen molar-refractivity contribution in [2.45, 2.75) is 18.9 Å². The quantitative estimate of drug-likeness (QED) is 0.683. The minimum atomic E-state index is -0.519.